The molecule has 0 aromatic heterocycles. The number of aryl methyl sites for hydroxylation is 1. The lowest BCUT2D eigenvalue weighted by molar-refractivity contribution is 0.103. The monoisotopic (exact) mass is 315 g/mol. The molecule has 0 bridgehead atoms. The maximum Gasteiger partial charge on any atom is 0.137 e. The fourth-order valence-corrected chi connectivity index (χ4v) is 2.60. The molecule has 0 aliphatic carbocycles. The highest BCUT2D eigenvalue weighted by Crippen LogP contribution is 2.24. The molecule has 1 N–H and O–H groups in total. The van der Waals surface area contributed by atoms with Crippen LogP contribution < -0.4 is 5.32 Å². The maximum atomic E-state index is 13.3. The van der Waals surface area contributed by atoms with Gasteiger partial charge in [-0.15, -0.1) is 0 Å². The summed E-state index contributed by atoms with van der Waals surface area (Å²) < 4.78 is 19.3. The highest BCUT2D eigenvalue weighted by molar-refractivity contribution is 9.10. The third kappa shape index (κ3) is 3.69. The van der Waals surface area contributed by atoms with E-state index in [1.807, 2.05) is 6.92 Å². The first-order valence-corrected chi connectivity index (χ1v) is 7.27. The fraction of sp³-hybridized carbons (Fsp3) is 0.571. The molecular formula is C14H19BrFNO. The first kappa shape index (κ1) is 13.8. The molecule has 0 spiro atoms. The van der Waals surface area contributed by atoms with Gasteiger partial charge in [-0.05, 0) is 66.2 Å². The Bertz CT molecular complexity index is 405. The average Bonchev–Trinajstić information content (AvgIpc) is 2.84. The molecule has 2 nitrogen and oxygen atoms in total. The maximum absolute atomic E-state index is 13.3. The molecule has 1 atom stereocenters. The predicted octanol–water partition coefficient (Wildman–Crippen LogP) is 4.27. The SMILES string of the molecule is Cc1cc(F)c(Br)cc1NCCCC1CCCO1. The highest BCUT2D eigenvalue weighted by atomic mass is 79.9. The Labute approximate surface area is 116 Å². The summed E-state index contributed by atoms with van der Waals surface area (Å²) in [7, 11) is 0. The van der Waals surface area contributed by atoms with Gasteiger partial charge in [0, 0.05) is 18.8 Å². The van der Waals surface area contributed by atoms with Gasteiger partial charge in [-0.1, -0.05) is 0 Å². The number of nitrogens with one attached hydrogen (secondary N) is 1. The first-order valence-electron chi connectivity index (χ1n) is 6.48. The van der Waals surface area contributed by atoms with E-state index in [1.165, 1.54) is 12.8 Å². The smallest absolute Gasteiger partial charge is 0.137 e. The van der Waals surface area contributed by atoms with Crippen LogP contribution in [0.3, 0.4) is 0 Å². The summed E-state index contributed by atoms with van der Waals surface area (Å²) in [6.45, 7) is 3.73. The number of anilines is 1. The Kier molecular flexibility index (Phi) is 5.01. The van der Waals surface area contributed by atoms with Gasteiger partial charge in [-0.25, -0.2) is 4.39 Å². The molecule has 0 amide bonds. The normalized spacial score (nSPS) is 19.2. The number of rotatable bonds is 5. The molecule has 1 saturated heterocycles. The molecule has 1 aliphatic rings. The van der Waals surface area contributed by atoms with Crippen molar-refractivity contribution in [2.45, 2.75) is 38.7 Å². The lowest BCUT2D eigenvalue weighted by Gasteiger charge is -2.12. The van der Waals surface area contributed by atoms with E-state index in [1.54, 1.807) is 12.1 Å². The van der Waals surface area contributed by atoms with E-state index in [4.69, 9.17) is 4.74 Å². The van der Waals surface area contributed by atoms with Crippen molar-refractivity contribution in [2.24, 2.45) is 0 Å². The topological polar surface area (TPSA) is 21.3 Å². The van der Waals surface area contributed by atoms with E-state index in [0.717, 1.165) is 37.2 Å². The van der Waals surface area contributed by atoms with Gasteiger partial charge >= 0.3 is 0 Å². The van der Waals surface area contributed by atoms with Crippen LogP contribution in [0.5, 0.6) is 0 Å². The third-order valence-corrected chi connectivity index (χ3v) is 3.92. The number of benzene rings is 1. The summed E-state index contributed by atoms with van der Waals surface area (Å²) in [5.41, 5.74) is 1.93. The highest BCUT2D eigenvalue weighted by Gasteiger charge is 2.14. The Hall–Kier alpha value is -0.610. The molecule has 1 fully saturated rings. The number of hydrogen-bond donors (Lipinski definition) is 1. The van der Waals surface area contributed by atoms with E-state index in [2.05, 4.69) is 21.2 Å². The summed E-state index contributed by atoms with van der Waals surface area (Å²) in [4.78, 5) is 0. The predicted molar refractivity (Wildman–Crippen MR) is 75.5 cm³/mol. The van der Waals surface area contributed by atoms with E-state index in [0.29, 0.717) is 10.6 Å². The summed E-state index contributed by atoms with van der Waals surface area (Å²) in [6, 6.07) is 3.35. The van der Waals surface area contributed by atoms with E-state index in [9.17, 15) is 4.39 Å². The molecule has 0 radical (unpaired) electrons. The minimum atomic E-state index is -0.211. The van der Waals surface area contributed by atoms with Gasteiger partial charge in [-0.2, -0.15) is 0 Å². The molecule has 1 aromatic carbocycles. The molecule has 18 heavy (non-hydrogen) atoms. The number of halogens is 2. The van der Waals surface area contributed by atoms with Gasteiger partial charge in [0.25, 0.3) is 0 Å². The van der Waals surface area contributed by atoms with Crippen molar-refractivity contribution in [1.29, 1.82) is 0 Å². The second-order valence-corrected chi connectivity index (χ2v) is 5.64. The van der Waals surface area contributed by atoms with E-state index in [-0.39, 0.29) is 5.82 Å². The minimum Gasteiger partial charge on any atom is -0.385 e. The van der Waals surface area contributed by atoms with Crippen LogP contribution in [0.15, 0.2) is 16.6 Å². The third-order valence-electron chi connectivity index (χ3n) is 3.31. The zero-order valence-electron chi connectivity index (χ0n) is 10.6. The summed E-state index contributed by atoms with van der Waals surface area (Å²) >= 11 is 3.21. The lowest BCUT2D eigenvalue weighted by Crippen LogP contribution is -2.09. The lowest BCUT2D eigenvalue weighted by atomic mass is 10.1. The van der Waals surface area contributed by atoms with Crippen LogP contribution in [0.25, 0.3) is 0 Å². The van der Waals surface area contributed by atoms with Crippen LogP contribution >= 0.6 is 15.9 Å². The molecule has 1 unspecified atom stereocenters. The minimum absolute atomic E-state index is 0.211. The second-order valence-electron chi connectivity index (χ2n) is 4.79. The van der Waals surface area contributed by atoms with Gasteiger partial charge in [0.05, 0.1) is 10.6 Å². The van der Waals surface area contributed by atoms with Crippen LogP contribution in [0.1, 0.15) is 31.2 Å². The van der Waals surface area contributed by atoms with Crippen molar-refractivity contribution in [3.8, 4) is 0 Å². The van der Waals surface area contributed by atoms with Crippen molar-refractivity contribution < 1.29 is 9.13 Å². The van der Waals surface area contributed by atoms with Crippen molar-refractivity contribution in [3.63, 3.8) is 0 Å². The molecule has 100 valence electrons. The van der Waals surface area contributed by atoms with Crippen molar-refractivity contribution in [3.05, 3.63) is 28.0 Å². The van der Waals surface area contributed by atoms with E-state index < -0.39 is 0 Å². The van der Waals surface area contributed by atoms with Crippen LogP contribution in [0.4, 0.5) is 10.1 Å². The van der Waals surface area contributed by atoms with E-state index >= 15 is 0 Å². The van der Waals surface area contributed by atoms with Gasteiger partial charge in [0.1, 0.15) is 5.82 Å². The summed E-state index contributed by atoms with van der Waals surface area (Å²) in [5.74, 6) is -0.211. The molecular weight excluding hydrogens is 297 g/mol. The van der Waals surface area contributed by atoms with Gasteiger partial charge in [0.15, 0.2) is 0 Å². The van der Waals surface area contributed by atoms with Crippen molar-refractivity contribution in [2.75, 3.05) is 18.5 Å². The molecule has 4 heteroatoms. The standard InChI is InChI=1S/C14H19BrFNO/c1-10-8-13(16)12(15)9-14(10)17-6-2-4-11-5-3-7-18-11/h8-9,11,17H,2-7H2,1H3. The summed E-state index contributed by atoms with van der Waals surface area (Å²) in [5, 5.41) is 3.35. The average molecular weight is 316 g/mol. The van der Waals surface area contributed by atoms with Crippen LogP contribution in [-0.4, -0.2) is 19.3 Å². The molecule has 1 heterocycles. The van der Waals surface area contributed by atoms with Crippen molar-refractivity contribution >= 4 is 21.6 Å². The van der Waals surface area contributed by atoms with Gasteiger partial charge in [0.2, 0.25) is 0 Å². The van der Waals surface area contributed by atoms with Crippen LogP contribution in [0, 0.1) is 12.7 Å². The number of ether oxygens (including phenoxy) is 1. The Balaban J connectivity index is 1.77. The summed E-state index contributed by atoms with van der Waals surface area (Å²) in [6.07, 6.45) is 5.03. The Morgan fingerprint density at radius 2 is 2.33 bits per heavy atom. The first-order chi connectivity index (χ1) is 8.66. The second kappa shape index (κ2) is 6.53. The Morgan fingerprint density at radius 3 is 3.06 bits per heavy atom. The molecule has 1 aromatic rings. The van der Waals surface area contributed by atoms with Gasteiger partial charge in [-0.3, -0.25) is 0 Å². The van der Waals surface area contributed by atoms with Gasteiger partial charge < -0.3 is 10.1 Å². The molecule has 2 rings (SSSR count). The zero-order valence-corrected chi connectivity index (χ0v) is 12.2. The van der Waals surface area contributed by atoms with Crippen LogP contribution in [0.2, 0.25) is 0 Å². The number of hydrogen-bond acceptors (Lipinski definition) is 2. The zero-order chi connectivity index (χ0) is 13.0. The molecule has 1 aliphatic heterocycles. The quantitative estimate of drug-likeness (QED) is 0.819. The Morgan fingerprint density at radius 1 is 1.50 bits per heavy atom. The van der Waals surface area contributed by atoms with Crippen molar-refractivity contribution in [1.82, 2.24) is 0 Å². The molecule has 0 saturated carbocycles. The largest absolute Gasteiger partial charge is 0.385 e. The van der Waals surface area contributed by atoms with Crippen LogP contribution in [-0.2, 0) is 4.74 Å². The fourth-order valence-electron chi connectivity index (χ4n) is 2.26.